The van der Waals surface area contributed by atoms with Crippen LogP contribution in [0.5, 0.6) is 0 Å². The molecule has 0 saturated heterocycles. The van der Waals surface area contributed by atoms with Gasteiger partial charge in [-0.25, -0.2) is 4.99 Å². The SMILES string of the molecule is C/C(N)=N/C(=N)N. The summed E-state index contributed by atoms with van der Waals surface area (Å²) in [6.45, 7) is 1.57. The monoisotopic (exact) mass is 100 g/mol. The molecule has 0 aromatic carbocycles. The lowest BCUT2D eigenvalue weighted by atomic mass is 10.7. The predicted octanol–water partition coefficient (Wildman–Crippen LogP) is -0.743. The molecule has 7 heavy (non-hydrogen) atoms. The van der Waals surface area contributed by atoms with E-state index in [-0.39, 0.29) is 5.96 Å². The van der Waals surface area contributed by atoms with E-state index in [9.17, 15) is 0 Å². The largest absolute Gasteiger partial charge is 0.387 e. The van der Waals surface area contributed by atoms with Crippen molar-refractivity contribution >= 4 is 11.8 Å². The Morgan fingerprint density at radius 2 is 2.00 bits per heavy atom. The van der Waals surface area contributed by atoms with Crippen LogP contribution in [0.2, 0.25) is 0 Å². The van der Waals surface area contributed by atoms with Gasteiger partial charge in [-0.15, -0.1) is 0 Å². The van der Waals surface area contributed by atoms with Gasteiger partial charge in [0.05, 0.1) is 5.84 Å². The second kappa shape index (κ2) is 2.17. The molecule has 40 valence electrons. The summed E-state index contributed by atoms with van der Waals surface area (Å²) in [6, 6.07) is 0. The lowest BCUT2D eigenvalue weighted by molar-refractivity contribution is 1.36. The summed E-state index contributed by atoms with van der Waals surface area (Å²) in [5.74, 6) is 0.0625. The molecule has 0 heterocycles. The van der Waals surface area contributed by atoms with Gasteiger partial charge >= 0.3 is 0 Å². The lowest BCUT2D eigenvalue weighted by Gasteiger charge is -1.84. The minimum atomic E-state index is -0.250. The van der Waals surface area contributed by atoms with Crippen LogP contribution in [-0.4, -0.2) is 11.8 Å². The molecule has 0 aromatic heterocycles. The highest BCUT2D eigenvalue weighted by Gasteiger charge is 1.77. The molecular weight excluding hydrogens is 92.1 g/mol. The zero-order valence-corrected chi connectivity index (χ0v) is 4.10. The summed E-state index contributed by atoms with van der Waals surface area (Å²) in [5, 5.41) is 6.54. The van der Waals surface area contributed by atoms with E-state index in [2.05, 4.69) is 4.99 Å². The second-order valence-corrected chi connectivity index (χ2v) is 1.14. The number of aliphatic imine (C=N–C) groups is 1. The molecule has 0 spiro atoms. The van der Waals surface area contributed by atoms with E-state index in [4.69, 9.17) is 16.9 Å². The number of guanidine groups is 1. The highest BCUT2D eigenvalue weighted by molar-refractivity contribution is 5.91. The molecule has 0 rings (SSSR count). The summed E-state index contributed by atoms with van der Waals surface area (Å²) < 4.78 is 0. The van der Waals surface area contributed by atoms with Crippen LogP contribution in [0.15, 0.2) is 4.99 Å². The third-order valence-corrected chi connectivity index (χ3v) is 0.297. The average Bonchev–Trinajstić information content (AvgIpc) is 1.27. The zero-order chi connectivity index (χ0) is 5.86. The van der Waals surface area contributed by atoms with E-state index in [0.717, 1.165) is 0 Å². The summed E-state index contributed by atoms with van der Waals surface area (Å²) in [7, 11) is 0. The van der Waals surface area contributed by atoms with Crippen LogP contribution in [0.25, 0.3) is 0 Å². The van der Waals surface area contributed by atoms with Crippen molar-refractivity contribution < 1.29 is 0 Å². The van der Waals surface area contributed by atoms with Crippen molar-refractivity contribution in [2.24, 2.45) is 16.5 Å². The third kappa shape index (κ3) is 4.94. The van der Waals surface area contributed by atoms with Gasteiger partial charge in [0.15, 0.2) is 0 Å². The Hall–Kier alpha value is -1.06. The van der Waals surface area contributed by atoms with Crippen molar-refractivity contribution in [3.05, 3.63) is 0 Å². The summed E-state index contributed by atoms with van der Waals surface area (Å²) in [5.41, 5.74) is 9.83. The smallest absolute Gasteiger partial charge is 0.214 e. The molecule has 4 nitrogen and oxygen atoms in total. The minimum Gasteiger partial charge on any atom is -0.387 e. The number of amidine groups is 1. The fraction of sp³-hybridized carbons (Fsp3) is 0.333. The molecule has 0 aromatic rings. The Morgan fingerprint density at radius 3 is 2.00 bits per heavy atom. The van der Waals surface area contributed by atoms with Crippen LogP contribution >= 0.6 is 0 Å². The van der Waals surface area contributed by atoms with E-state index in [0.29, 0.717) is 5.84 Å². The van der Waals surface area contributed by atoms with Gasteiger partial charge in [-0.05, 0) is 6.92 Å². The Bertz CT molecular complexity index is 99.5. The van der Waals surface area contributed by atoms with Gasteiger partial charge in [0.1, 0.15) is 0 Å². The topological polar surface area (TPSA) is 88.2 Å². The van der Waals surface area contributed by atoms with Crippen LogP contribution in [0, 0.1) is 5.41 Å². The first kappa shape index (κ1) is 5.94. The molecule has 4 heteroatoms. The Balaban J connectivity index is 3.68. The zero-order valence-electron chi connectivity index (χ0n) is 4.10. The lowest BCUT2D eigenvalue weighted by Crippen LogP contribution is -2.13. The summed E-state index contributed by atoms with van der Waals surface area (Å²) in [4.78, 5) is 3.33. The van der Waals surface area contributed by atoms with E-state index >= 15 is 0 Å². The minimum absolute atomic E-state index is 0.250. The maximum atomic E-state index is 6.54. The average molecular weight is 100 g/mol. The molecule has 0 aliphatic carbocycles. The number of hydrogen-bond acceptors (Lipinski definition) is 1. The van der Waals surface area contributed by atoms with Crippen LogP contribution in [0.4, 0.5) is 0 Å². The predicted molar refractivity (Wildman–Crippen MR) is 29.2 cm³/mol. The molecule has 0 saturated carbocycles. The van der Waals surface area contributed by atoms with Crippen molar-refractivity contribution in [3.63, 3.8) is 0 Å². The maximum absolute atomic E-state index is 6.54. The van der Waals surface area contributed by atoms with Crippen molar-refractivity contribution in [2.75, 3.05) is 0 Å². The van der Waals surface area contributed by atoms with Gasteiger partial charge in [0.2, 0.25) is 5.96 Å². The van der Waals surface area contributed by atoms with Gasteiger partial charge in [0.25, 0.3) is 0 Å². The maximum Gasteiger partial charge on any atom is 0.214 e. The van der Waals surface area contributed by atoms with Gasteiger partial charge < -0.3 is 11.5 Å². The number of nitrogens with zero attached hydrogens (tertiary/aromatic N) is 1. The standard InChI is InChI=1S/C3H8N4/c1-2(4)7-3(5)6/h1H3,(H5,4,5,6,7). The van der Waals surface area contributed by atoms with Crippen molar-refractivity contribution in [3.8, 4) is 0 Å². The fourth-order valence-electron chi connectivity index (χ4n) is 0.190. The first-order chi connectivity index (χ1) is 3.13. The molecular formula is C3H8N4. The quantitative estimate of drug-likeness (QED) is 0.276. The van der Waals surface area contributed by atoms with Crippen LogP contribution in [0.1, 0.15) is 6.92 Å². The number of rotatable bonds is 0. The molecule has 0 atom stereocenters. The number of nitrogens with one attached hydrogen (secondary N) is 1. The molecule has 0 aliphatic heterocycles. The molecule has 0 amide bonds. The van der Waals surface area contributed by atoms with Crippen LogP contribution in [-0.2, 0) is 0 Å². The van der Waals surface area contributed by atoms with Crippen molar-refractivity contribution in [1.29, 1.82) is 5.41 Å². The van der Waals surface area contributed by atoms with E-state index in [1.807, 2.05) is 0 Å². The Morgan fingerprint density at radius 1 is 1.57 bits per heavy atom. The van der Waals surface area contributed by atoms with Gasteiger partial charge in [-0.1, -0.05) is 0 Å². The molecule has 0 fully saturated rings. The number of hydrogen-bond donors (Lipinski definition) is 3. The van der Waals surface area contributed by atoms with E-state index < -0.39 is 0 Å². The highest BCUT2D eigenvalue weighted by atomic mass is 15.0. The van der Waals surface area contributed by atoms with Crippen molar-refractivity contribution in [2.45, 2.75) is 6.92 Å². The summed E-state index contributed by atoms with van der Waals surface area (Å²) in [6.07, 6.45) is 0. The van der Waals surface area contributed by atoms with E-state index in [1.54, 1.807) is 6.92 Å². The Labute approximate surface area is 41.7 Å². The normalized spacial score (nSPS) is 11.3. The second-order valence-electron chi connectivity index (χ2n) is 1.14. The molecule has 0 unspecified atom stereocenters. The third-order valence-electron chi connectivity index (χ3n) is 0.297. The van der Waals surface area contributed by atoms with Gasteiger partial charge in [0, 0.05) is 0 Å². The van der Waals surface area contributed by atoms with Crippen LogP contribution < -0.4 is 11.5 Å². The van der Waals surface area contributed by atoms with E-state index in [1.165, 1.54) is 0 Å². The Kier molecular flexibility index (Phi) is 1.84. The fourth-order valence-corrected chi connectivity index (χ4v) is 0.190. The molecule has 0 aliphatic rings. The van der Waals surface area contributed by atoms with Gasteiger partial charge in [-0.2, -0.15) is 0 Å². The first-order valence-corrected chi connectivity index (χ1v) is 1.77. The number of nitrogens with two attached hydrogens (primary N) is 2. The molecule has 0 bridgehead atoms. The highest BCUT2D eigenvalue weighted by Crippen LogP contribution is 1.62. The first-order valence-electron chi connectivity index (χ1n) is 1.77. The molecule has 5 N–H and O–H groups in total. The summed E-state index contributed by atoms with van der Waals surface area (Å²) >= 11 is 0. The molecule has 0 radical (unpaired) electrons. The van der Waals surface area contributed by atoms with Gasteiger partial charge in [-0.3, -0.25) is 5.41 Å². The van der Waals surface area contributed by atoms with Crippen LogP contribution in [0.3, 0.4) is 0 Å². The van der Waals surface area contributed by atoms with Crippen molar-refractivity contribution in [1.82, 2.24) is 0 Å².